The van der Waals surface area contributed by atoms with E-state index in [0.29, 0.717) is 39.1 Å². The van der Waals surface area contributed by atoms with E-state index in [0.717, 1.165) is 28.2 Å². The zero-order valence-corrected chi connectivity index (χ0v) is 20.3. The SMILES string of the molecule is O=C1S/C(=C\c2cn(Cc3ccccc3F)c3ccccc23)C(=O)N1Cc1cc2c(cc1Cl)OCO2. The summed E-state index contributed by atoms with van der Waals surface area (Å²) in [5, 5.41) is 0.910. The zero-order valence-electron chi connectivity index (χ0n) is 18.7. The number of ether oxygens (including phenoxy) is 2. The summed E-state index contributed by atoms with van der Waals surface area (Å²) >= 11 is 7.24. The van der Waals surface area contributed by atoms with Crippen molar-refractivity contribution >= 4 is 51.5 Å². The van der Waals surface area contributed by atoms with E-state index >= 15 is 0 Å². The Morgan fingerprint density at radius 1 is 0.972 bits per heavy atom. The number of imide groups is 1. The number of halogens is 2. The first-order valence-corrected chi connectivity index (χ1v) is 12.3. The maximum absolute atomic E-state index is 14.3. The van der Waals surface area contributed by atoms with E-state index in [1.54, 1.807) is 36.4 Å². The van der Waals surface area contributed by atoms with Crippen LogP contribution in [-0.4, -0.2) is 27.4 Å². The molecule has 2 aliphatic rings. The predicted octanol–water partition coefficient (Wildman–Crippen LogP) is 6.45. The molecule has 2 amide bonds. The molecule has 9 heteroatoms. The highest BCUT2D eigenvalue weighted by atomic mass is 35.5. The maximum atomic E-state index is 14.3. The molecule has 3 heterocycles. The van der Waals surface area contributed by atoms with Crippen LogP contribution in [0.3, 0.4) is 0 Å². The largest absolute Gasteiger partial charge is 0.454 e. The van der Waals surface area contributed by atoms with Gasteiger partial charge in [0.05, 0.1) is 18.0 Å². The van der Waals surface area contributed by atoms with Crippen molar-refractivity contribution in [1.82, 2.24) is 9.47 Å². The van der Waals surface area contributed by atoms with E-state index in [1.165, 1.54) is 11.0 Å². The molecule has 0 bridgehead atoms. The smallest absolute Gasteiger partial charge is 0.293 e. The summed E-state index contributed by atoms with van der Waals surface area (Å²) in [6.45, 7) is 0.460. The van der Waals surface area contributed by atoms with Crippen LogP contribution < -0.4 is 9.47 Å². The third-order valence-corrected chi connectivity index (χ3v) is 7.41. The third kappa shape index (κ3) is 4.02. The summed E-state index contributed by atoms with van der Waals surface area (Å²) in [4.78, 5) is 27.4. The van der Waals surface area contributed by atoms with Gasteiger partial charge in [-0.15, -0.1) is 0 Å². The van der Waals surface area contributed by atoms with Gasteiger partial charge >= 0.3 is 0 Å². The molecule has 180 valence electrons. The first-order valence-electron chi connectivity index (χ1n) is 11.1. The second-order valence-electron chi connectivity index (χ2n) is 8.39. The highest BCUT2D eigenvalue weighted by Gasteiger charge is 2.36. The van der Waals surface area contributed by atoms with Crippen molar-refractivity contribution in [3.05, 3.63) is 99.3 Å². The number of aromatic nitrogens is 1. The first-order chi connectivity index (χ1) is 17.5. The number of carbonyl (C=O) groups is 2. The van der Waals surface area contributed by atoms with Gasteiger partial charge in [0.1, 0.15) is 5.82 Å². The molecule has 4 aromatic rings. The minimum atomic E-state index is -0.398. The number of hydrogen-bond acceptors (Lipinski definition) is 5. The minimum absolute atomic E-state index is 0.0204. The van der Waals surface area contributed by atoms with Crippen LogP contribution in [0.5, 0.6) is 11.5 Å². The van der Waals surface area contributed by atoms with Gasteiger partial charge in [-0.25, -0.2) is 4.39 Å². The molecule has 2 aliphatic heterocycles. The molecule has 0 unspecified atom stereocenters. The quantitative estimate of drug-likeness (QED) is 0.283. The number of fused-ring (bicyclic) bond motifs is 2. The average Bonchev–Trinajstić information content (AvgIpc) is 3.54. The highest BCUT2D eigenvalue weighted by Crippen LogP contribution is 2.40. The Labute approximate surface area is 214 Å². The molecular weight excluding hydrogens is 503 g/mol. The fraction of sp³-hybridized carbons (Fsp3) is 0.111. The van der Waals surface area contributed by atoms with Gasteiger partial charge < -0.3 is 14.0 Å². The van der Waals surface area contributed by atoms with Crippen LogP contribution in [0, 0.1) is 5.82 Å². The molecule has 0 N–H and O–H groups in total. The Hall–Kier alpha value is -3.75. The lowest BCUT2D eigenvalue weighted by Gasteiger charge is -2.14. The Balaban J connectivity index is 1.31. The standard InChI is InChI=1S/C27H18ClFN2O4S/c28-20-11-24-23(34-15-35-24)9-18(20)14-31-26(32)25(36-27(31)33)10-17-13-30(22-8-4-2-6-19(17)22)12-16-5-1-3-7-21(16)29/h1-11,13H,12,14-15H2/b25-10-. The third-order valence-electron chi connectivity index (χ3n) is 6.15. The molecule has 6 nitrogen and oxygen atoms in total. The van der Waals surface area contributed by atoms with E-state index in [2.05, 4.69) is 0 Å². The molecule has 0 radical (unpaired) electrons. The van der Waals surface area contributed by atoms with Crippen LogP contribution in [0.4, 0.5) is 9.18 Å². The van der Waals surface area contributed by atoms with Gasteiger partial charge in [-0.1, -0.05) is 48.0 Å². The normalized spacial score (nSPS) is 16.1. The summed E-state index contributed by atoms with van der Waals surface area (Å²) in [6, 6.07) is 17.6. The number of carbonyl (C=O) groups excluding carboxylic acids is 2. The van der Waals surface area contributed by atoms with Gasteiger partial charge in [-0.2, -0.15) is 0 Å². The van der Waals surface area contributed by atoms with Crippen molar-refractivity contribution in [3.8, 4) is 11.5 Å². The van der Waals surface area contributed by atoms with Crippen molar-refractivity contribution in [2.24, 2.45) is 0 Å². The van der Waals surface area contributed by atoms with Crippen molar-refractivity contribution in [1.29, 1.82) is 0 Å². The van der Waals surface area contributed by atoms with Gasteiger partial charge in [-0.3, -0.25) is 14.5 Å². The Morgan fingerprint density at radius 2 is 1.72 bits per heavy atom. The predicted molar refractivity (Wildman–Crippen MR) is 137 cm³/mol. The molecule has 0 saturated carbocycles. The maximum Gasteiger partial charge on any atom is 0.293 e. The molecule has 36 heavy (non-hydrogen) atoms. The number of para-hydroxylation sites is 1. The van der Waals surface area contributed by atoms with E-state index in [4.69, 9.17) is 21.1 Å². The fourth-order valence-corrected chi connectivity index (χ4v) is 5.40. The number of amides is 2. The number of rotatable bonds is 5. The first kappa shape index (κ1) is 22.7. The second-order valence-corrected chi connectivity index (χ2v) is 9.79. The van der Waals surface area contributed by atoms with E-state index < -0.39 is 5.91 Å². The van der Waals surface area contributed by atoms with Gasteiger partial charge in [0.25, 0.3) is 11.1 Å². The zero-order chi connectivity index (χ0) is 24.8. The van der Waals surface area contributed by atoms with Crippen LogP contribution in [-0.2, 0) is 17.9 Å². The molecular formula is C27H18ClFN2O4S. The summed E-state index contributed by atoms with van der Waals surface area (Å²) in [6.07, 6.45) is 3.59. The van der Waals surface area contributed by atoms with E-state index in [1.807, 2.05) is 35.0 Å². The van der Waals surface area contributed by atoms with Gasteiger partial charge in [0.15, 0.2) is 11.5 Å². The lowest BCUT2D eigenvalue weighted by molar-refractivity contribution is -0.123. The van der Waals surface area contributed by atoms with Crippen LogP contribution in [0.25, 0.3) is 17.0 Å². The van der Waals surface area contributed by atoms with Gasteiger partial charge in [0.2, 0.25) is 6.79 Å². The van der Waals surface area contributed by atoms with Crippen molar-refractivity contribution in [2.45, 2.75) is 13.1 Å². The molecule has 0 spiro atoms. The number of nitrogens with zero attached hydrogens (tertiary/aromatic N) is 2. The van der Waals surface area contributed by atoms with Gasteiger partial charge in [0, 0.05) is 39.3 Å². The molecule has 1 fully saturated rings. The summed E-state index contributed by atoms with van der Waals surface area (Å²) in [5.41, 5.74) is 2.82. The topological polar surface area (TPSA) is 60.8 Å². The van der Waals surface area contributed by atoms with Gasteiger partial charge in [-0.05, 0) is 41.6 Å². The lowest BCUT2D eigenvalue weighted by Crippen LogP contribution is -2.27. The monoisotopic (exact) mass is 520 g/mol. The summed E-state index contributed by atoms with van der Waals surface area (Å²) < 4.78 is 26.9. The summed E-state index contributed by atoms with van der Waals surface area (Å²) in [5.74, 6) is 0.383. The average molecular weight is 521 g/mol. The van der Waals surface area contributed by atoms with Crippen molar-refractivity contribution in [2.75, 3.05) is 6.79 Å². The number of hydrogen-bond donors (Lipinski definition) is 0. The van der Waals surface area contributed by atoms with Crippen LogP contribution in [0.15, 0.2) is 71.8 Å². The Bertz CT molecular complexity index is 1580. The Morgan fingerprint density at radius 3 is 2.56 bits per heavy atom. The minimum Gasteiger partial charge on any atom is -0.454 e. The molecule has 1 saturated heterocycles. The Kier molecular flexibility index (Phi) is 5.70. The van der Waals surface area contributed by atoms with Crippen LogP contribution >= 0.6 is 23.4 Å². The number of thioether (sulfide) groups is 1. The highest BCUT2D eigenvalue weighted by molar-refractivity contribution is 8.18. The van der Waals surface area contributed by atoms with E-state index in [9.17, 15) is 14.0 Å². The van der Waals surface area contributed by atoms with E-state index in [-0.39, 0.29) is 24.4 Å². The molecule has 6 rings (SSSR count). The fourth-order valence-electron chi connectivity index (χ4n) is 4.36. The second kappa shape index (κ2) is 9.04. The lowest BCUT2D eigenvalue weighted by atomic mass is 10.1. The molecule has 0 atom stereocenters. The van der Waals surface area contributed by atoms with Crippen LogP contribution in [0.2, 0.25) is 5.02 Å². The van der Waals surface area contributed by atoms with Crippen LogP contribution in [0.1, 0.15) is 16.7 Å². The molecule has 0 aliphatic carbocycles. The molecule has 1 aromatic heterocycles. The molecule has 3 aromatic carbocycles. The number of benzene rings is 3. The summed E-state index contributed by atoms with van der Waals surface area (Å²) in [7, 11) is 0. The van der Waals surface area contributed by atoms with Crippen molar-refractivity contribution in [3.63, 3.8) is 0 Å². The van der Waals surface area contributed by atoms with Crippen molar-refractivity contribution < 1.29 is 23.5 Å².